The Bertz CT molecular complexity index is 748. The van der Waals surface area contributed by atoms with E-state index in [1.165, 1.54) is 0 Å². The number of halogens is 2. The third kappa shape index (κ3) is 5.96. The van der Waals surface area contributed by atoms with E-state index < -0.39 is 0 Å². The van der Waals surface area contributed by atoms with Crippen molar-refractivity contribution in [3.05, 3.63) is 58.1 Å². The molecular weight excluding hydrogens is 363 g/mol. The molecule has 25 heavy (non-hydrogen) atoms. The molecule has 0 bridgehead atoms. The minimum absolute atomic E-state index is 0.0677. The van der Waals surface area contributed by atoms with Gasteiger partial charge in [0.1, 0.15) is 0 Å². The van der Waals surface area contributed by atoms with Crippen LogP contribution in [0.15, 0.2) is 42.5 Å². The summed E-state index contributed by atoms with van der Waals surface area (Å²) in [6.07, 6.45) is 0.770. The second kappa shape index (κ2) is 9.30. The lowest BCUT2D eigenvalue weighted by Crippen LogP contribution is -2.21. The van der Waals surface area contributed by atoms with Crippen LogP contribution >= 0.6 is 23.2 Å². The summed E-state index contributed by atoms with van der Waals surface area (Å²) in [6.45, 7) is 2.38. The largest absolute Gasteiger partial charge is 0.462 e. The van der Waals surface area contributed by atoms with Gasteiger partial charge in [-0.2, -0.15) is 0 Å². The van der Waals surface area contributed by atoms with E-state index >= 15 is 0 Å². The fourth-order valence-corrected chi connectivity index (χ4v) is 2.26. The molecule has 1 amide bonds. The monoisotopic (exact) mass is 380 g/mol. The van der Waals surface area contributed by atoms with Crippen LogP contribution in [0.4, 0.5) is 11.4 Å². The van der Waals surface area contributed by atoms with E-state index in [9.17, 15) is 9.59 Å². The Labute approximate surface area is 156 Å². The summed E-state index contributed by atoms with van der Waals surface area (Å²) in [4.78, 5) is 23.7. The van der Waals surface area contributed by atoms with Crippen molar-refractivity contribution in [2.75, 3.05) is 23.8 Å². The lowest BCUT2D eigenvalue weighted by Gasteiger charge is -2.09. The molecule has 0 aromatic heterocycles. The molecule has 0 saturated carbocycles. The Morgan fingerprint density at radius 3 is 2.32 bits per heavy atom. The number of ether oxygens (including phenoxy) is 1. The summed E-state index contributed by atoms with van der Waals surface area (Å²) < 4.78 is 5.05. The summed E-state index contributed by atoms with van der Waals surface area (Å²) in [5.41, 5.74) is 1.73. The Balaban J connectivity index is 1.85. The predicted octanol–water partition coefficient (Wildman–Crippen LogP) is 4.61. The van der Waals surface area contributed by atoms with E-state index in [1.807, 2.05) is 6.92 Å². The molecule has 2 N–H and O–H groups in total. The quantitative estimate of drug-likeness (QED) is 0.688. The number of amides is 1. The van der Waals surface area contributed by atoms with Gasteiger partial charge in [0.05, 0.1) is 28.8 Å². The molecule has 0 spiro atoms. The van der Waals surface area contributed by atoms with Crippen molar-refractivity contribution in [3.8, 4) is 0 Å². The molecule has 0 unspecified atom stereocenters. The number of rotatable bonds is 7. The Kier molecular flexibility index (Phi) is 7.10. The molecule has 0 heterocycles. The van der Waals surface area contributed by atoms with Crippen LogP contribution in [0, 0.1) is 0 Å². The van der Waals surface area contributed by atoms with E-state index in [2.05, 4.69) is 10.6 Å². The average Bonchev–Trinajstić information content (AvgIpc) is 2.61. The van der Waals surface area contributed by atoms with Crippen LogP contribution in [-0.2, 0) is 9.53 Å². The molecule has 0 aliphatic rings. The lowest BCUT2D eigenvalue weighted by atomic mass is 10.2. The molecule has 5 nitrogen and oxygen atoms in total. The Morgan fingerprint density at radius 1 is 1.00 bits per heavy atom. The van der Waals surface area contributed by atoms with Gasteiger partial charge in [0.2, 0.25) is 5.91 Å². The second-order valence-electron chi connectivity index (χ2n) is 5.24. The number of carbonyl (C=O) groups excluding carboxylic acids is 2. The molecule has 0 aliphatic carbocycles. The van der Waals surface area contributed by atoms with Crippen LogP contribution in [0.3, 0.4) is 0 Å². The summed E-state index contributed by atoms with van der Waals surface area (Å²) in [7, 11) is 0. The summed E-state index contributed by atoms with van der Waals surface area (Å²) in [5.74, 6) is -0.603. The van der Waals surface area contributed by atoms with Crippen molar-refractivity contribution in [1.82, 2.24) is 0 Å². The first-order chi connectivity index (χ1) is 12.0. The van der Waals surface area contributed by atoms with Gasteiger partial charge in [-0.15, -0.1) is 0 Å². The predicted molar refractivity (Wildman–Crippen MR) is 101 cm³/mol. The first-order valence-electron chi connectivity index (χ1n) is 7.75. The minimum Gasteiger partial charge on any atom is -0.462 e. The number of hydrogen-bond donors (Lipinski definition) is 2. The van der Waals surface area contributed by atoms with Crippen LogP contribution in [0.2, 0.25) is 10.0 Å². The van der Waals surface area contributed by atoms with Gasteiger partial charge in [0.25, 0.3) is 0 Å². The number of benzene rings is 2. The zero-order valence-electron chi connectivity index (χ0n) is 13.6. The first kappa shape index (κ1) is 19.1. The molecule has 0 aliphatic heterocycles. The summed E-state index contributed by atoms with van der Waals surface area (Å²) in [6, 6.07) is 11.6. The Hall–Kier alpha value is -2.24. The fourth-order valence-electron chi connectivity index (χ4n) is 1.96. The smallest absolute Gasteiger partial charge is 0.338 e. The highest BCUT2D eigenvalue weighted by Gasteiger charge is 2.08. The maximum absolute atomic E-state index is 12.0. The number of nitrogens with one attached hydrogen (secondary N) is 2. The van der Waals surface area contributed by atoms with Crippen LogP contribution in [0.25, 0.3) is 0 Å². The number of anilines is 2. The maximum Gasteiger partial charge on any atom is 0.338 e. The number of hydrogen-bond acceptors (Lipinski definition) is 4. The molecule has 132 valence electrons. The highest BCUT2D eigenvalue weighted by molar-refractivity contribution is 6.42. The van der Waals surface area contributed by atoms with Crippen molar-refractivity contribution in [2.45, 2.75) is 13.3 Å². The van der Waals surface area contributed by atoms with Gasteiger partial charge in [-0.05, 0) is 48.9 Å². The SMILES string of the molecule is CCCOC(=O)c1ccc(NC(=O)CNc2ccc(Cl)c(Cl)c2)cc1. The van der Waals surface area contributed by atoms with Crippen molar-refractivity contribution in [3.63, 3.8) is 0 Å². The summed E-state index contributed by atoms with van der Waals surface area (Å²) in [5, 5.41) is 6.56. The van der Waals surface area contributed by atoms with E-state index in [0.29, 0.717) is 33.6 Å². The first-order valence-corrected chi connectivity index (χ1v) is 8.51. The molecule has 7 heteroatoms. The molecular formula is C18H18Cl2N2O3. The van der Waals surface area contributed by atoms with Gasteiger partial charge in [0, 0.05) is 11.4 Å². The lowest BCUT2D eigenvalue weighted by molar-refractivity contribution is -0.114. The van der Waals surface area contributed by atoms with E-state index in [4.69, 9.17) is 27.9 Å². The van der Waals surface area contributed by atoms with E-state index in [0.717, 1.165) is 6.42 Å². The zero-order chi connectivity index (χ0) is 18.2. The summed E-state index contributed by atoms with van der Waals surface area (Å²) >= 11 is 11.8. The maximum atomic E-state index is 12.0. The van der Waals surface area contributed by atoms with Crippen LogP contribution < -0.4 is 10.6 Å². The average molecular weight is 381 g/mol. The second-order valence-corrected chi connectivity index (χ2v) is 6.06. The van der Waals surface area contributed by atoms with Crippen molar-refractivity contribution < 1.29 is 14.3 Å². The van der Waals surface area contributed by atoms with Crippen LogP contribution in [-0.4, -0.2) is 25.0 Å². The molecule has 0 saturated heterocycles. The Morgan fingerprint density at radius 2 is 1.68 bits per heavy atom. The molecule has 0 atom stereocenters. The van der Waals surface area contributed by atoms with E-state index in [-0.39, 0.29) is 18.4 Å². The molecule has 2 aromatic carbocycles. The van der Waals surface area contributed by atoms with Gasteiger partial charge >= 0.3 is 5.97 Å². The topological polar surface area (TPSA) is 67.4 Å². The van der Waals surface area contributed by atoms with Gasteiger partial charge in [-0.1, -0.05) is 30.1 Å². The molecule has 0 radical (unpaired) electrons. The normalized spacial score (nSPS) is 10.2. The zero-order valence-corrected chi connectivity index (χ0v) is 15.2. The van der Waals surface area contributed by atoms with E-state index in [1.54, 1.807) is 42.5 Å². The van der Waals surface area contributed by atoms with Crippen molar-refractivity contribution in [1.29, 1.82) is 0 Å². The van der Waals surface area contributed by atoms with Crippen LogP contribution in [0.5, 0.6) is 0 Å². The van der Waals surface area contributed by atoms with Gasteiger partial charge in [-0.25, -0.2) is 4.79 Å². The molecule has 2 aromatic rings. The molecule has 0 fully saturated rings. The highest BCUT2D eigenvalue weighted by atomic mass is 35.5. The highest BCUT2D eigenvalue weighted by Crippen LogP contribution is 2.24. The number of esters is 1. The molecule has 2 rings (SSSR count). The number of carbonyl (C=O) groups is 2. The van der Waals surface area contributed by atoms with Crippen LogP contribution in [0.1, 0.15) is 23.7 Å². The van der Waals surface area contributed by atoms with Gasteiger partial charge in [-0.3, -0.25) is 4.79 Å². The van der Waals surface area contributed by atoms with Gasteiger partial charge < -0.3 is 15.4 Å². The minimum atomic E-state index is -0.374. The van der Waals surface area contributed by atoms with Crippen molar-refractivity contribution >= 4 is 46.5 Å². The van der Waals surface area contributed by atoms with Crippen molar-refractivity contribution in [2.24, 2.45) is 0 Å². The van der Waals surface area contributed by atoms with Gasteiger partial charge in [0.15, 0.2) is 0 Å². The fraction of sp³-hybridized carbons (Fsp3) is 0.222. The third-order valence-corrected chi connectivity index (χ3v) is 3.95. The third-order valence-electron chi connectivity index (χ3n) is 3.21. The standard InChI is InChI=1S/C18H18Cl2N2O3/c1-2-9-25-18(24)12-3-5-13(6-4-12)22-17(23)11-21-14-7-8-15(19)16(20)10-14/h3-8,10,21H,2,9,11H2,1H3,(H,22,23).